The molecule has 0 spiro atoms. The molecule has 0 aliphatic heterocycles. The van der Waals surface area contributed by atoms with Crippen molar-refractivity contribution in [3.63, 3.8) is 0 Å². The molecule has 1 fully saturated rings. The molecule has 1 aliphatic carbocycles. The maximum atomic E-state index is 10.1. The van der Waals surface area contributed by atoms with Crippen LogP contribution in [0.15, 0.2) is 0 Å². The third-order valence-corrected chi connectivity index (χ3v) is 2.88. The third-order valence-electron chi connectivity index (χ3n) is 2.88. The Balaban J connectivity index is 2.64. The van der Waals surface area contributed by atoms with Gasteiger partial charge < -0.3 is 10.8 Å². The molecule has 1 rings (SSSR count). The van der Waals surface area contributed by atoms with Crippen LogP contribution in [0, 0.1) is 0 Å². The quantitative estimate of drug-likeness (QED) is 0.523. The van der Waals surface area contributed by atoms with E-state index in [1.54, 1.807) is 0 Å². The Labute approximate surface area is 69.6 Å². The average Bonchev–Trinajstić information content (AvgIpc) is 1.87. The van der Waals surface area contributed by atoms with Crippen LogP contribution < -0.4 is 5.73 Å². The number of aliphatic hydroxyl groups is 1. The fourth-order valence-electron chi connectivity index (χ4n) is 1.78. The second-order valence-electron chi connectivity index (χ2n) is 4.31. The lowest BCUT2D eigenvalue weighted by Crippen LogP contribution is -2.59. The predicted molar refractivity (Wildman–Crippen MR) is 49.2 cm³/mol. The molecule has 0 amide bonds. The number of nitrogens with two attached hydrogens (primary N) is 1. The van der Waals surface area contributed by atoms with Gasteiger partial charge in [0.05, 0.1) is 5.60 Å². The van der Waals surface area contributed by atoms with Crippen LogP contribution in [0.5, 0.6) is 0 Å². The molecule has 1 aliphatic rings. The molecule has 0 bridgehead atoms. The Kier molecular flexibility index (Phi) is 2.31. The van der Waals surface area contributed by atoms with E-state index in [0.717, 1.165) is 25.7 Å². The van der Waals surface area contributed by atoms with Crippen molar-refractivity contribution in [3.8, 4) is 0 Å². The summed E-state index contributed by atoms with van der Waals surface area (Å²) in [6, 6.07) is 0. The molecule has 3 heteroatoms. The first-order valence-corrected chi connectivity index (χ1v) is 4.47. The van der Waals surface area contributed by atoms with Crippen molar-refractivity contribution in [1.82, 2.24) is 0 Å². The maximum absolute atomic E-state index is 10.1. The Morgan fingerprint density at radius 2 is 1.82 bits per heavy atom. The van der Waals surface area contributed by atoms with Crippen molar-refractivity contribution in [1.29, 1.82) is 0 Å². The summed E-state index contributed by atoms with van der Waals surface area (Å²) in [5.74, 6) is 0. The van der Waals surface area contributed by atoms with Crippen LogP contribution in [0.2, 0.25) is 0 Å². The molecule has 3 N–H and O–H groups in total. The van der Waals surface area contributed by atoms with Crippen LogP contribution in [-0.4, -0.2) is 24.0 Å². The van der Waals surface area contributed by atoms with Crippen LogP contribution in [0.1, 0.15) is 39.0 Å². The Bertz CT molecular complexity index is 136. The standard InChI is InChI=1S/C8H18BNO/c1-7(9,10)8(11)5-3-2-4-6-8/h11H,2-6,9-10H2,1H3. The molecule has 0 radical (unpaired) electrons. The van der Waals surface area contributed by atoms with Crippen molar-refractivity contribution in [2.45, 2.75) is 50.1 Å². The van der Waals surface area contributed by atoms with Gasteiger partial charge in [0.1, 0.15) is 7.85 Å². The highest BCUT2D eigenvalue weighted by atomic mass is 16.3. The molecular formula is C8H18BNO. The zero-order valence-electron chi connectivity index (χ0n) is 7.56. The highest BCUT2D eigenvalue weighted by Gasteiger charge is 2.40. The predicted octanol–water partition coefficient (Wildman–Crippen LogP) is -0.0104. The van der Waals surface area contributed by atoms with Crippen molar-refractivity contribution < 1.29 is 5.11 Å². The number of hydrogen-bond donors (Lipinski definition) is 2. The zero-order valence-corrected chi connectivity index (χ0v) is 7.56. The van der Waals surface area contributed by atoms with Gasteiger partial charge in [0.2, 0.25) is 0 Å². The summed E-state index contributed by atoms with van der Waals surface area (Å²) < 4.78 is 0. The minimum atomic E-state index is -0.606. The van der Waals surface area contributed by atoms with Crippen LogP contribution in [0.3, 0.4) is 0 Å². The summed E-state index contributed by atoms with van der Waals surface area (Å²) in [7, 11) is 1.92. The molecule has 2 nitrogen and oxygen atoms in total. The van der Waals surface area contributed by atoms with E-state index in [4.69, 9.17) is 5.73 Å². The average molecular weight is 155 g/mol. The molecule has 0 aromatic carbocycles. The molecule has 64 valence electrons. The Morgan fingerprint density at radius 3 is 2.09 bits per heavy atom. The van der Waals surface area contributed by atoms with Gasteiger partial charge in [-0.2, -0.15) is 0 Å². The fourth-order valence-corrected chi connectivity index (χ4v) is 1.78. The van der Waals surface area contributed by atoms with E-state index in [1.807, 2.05) is 14.8 Å². The normalized spacial score (nSPS) is 29.4. The summed E-state index contributed by atoms with van der Waals surface area (Å²) in [6.45, 7) is 1.92. The van der Waals surface area contributed by atoms with Crippen molar-refractivity contribution >= 4 is 7.85 Å². The largest absolute Gasteiger partial charge is 0.389 e. The minimum absolute atomic E-state index is 0.437. The molecular weight excluding hydrogens is 137 g/mol. The van der Waals surface area contributed by atoms with Gasteiger partial charge in [-0.25, -0.2) is 0 Å². The van der Waals surface area contributed by atoms with Gasteiger partial charge in [-0.05, 0) is 12.8 Å². The molecule has 0 saturated heterocycles. The number of rotatable bonds is 1. The van der Waals surface area contributed by atoms with Gasteiger partial charge in [0.15, 0.2) is 0 Å². The van der Waals surface area contributed by atoms with E-state index in [1.165, 1.54) is 6.42 Å². The molecule has 0 aromatic rings. The van der Waals surface area contributed by atoms with Gasteiger partial charge in [-0.15, -0.1) is 0 Å². The first-order chi connectivity index (χ1) is 4.96. The third kappa shape index (κ3) is 1.77. The van der Waals surface area contributed by atoms with E-state index in [9.17, 15) is 5.11 Å². The first kappa shape index (κ1) is 9.08. The number of hydrogen-bond acceptors (Lipinski definition) is 2. The second kappa shape index (κ2) is 2.79. The van der Waals surface area contributed by atoms with Crippen molar-refractivity contribution in [2.75, 3.05) is 0 Å². The van der Waals surface area contributed by atoms with Gasteiger partial charge in [-0.1, -0.05) is 26.2 Å². The molecule has 0 aromatic heterocycles. The van der Waals surface area contributed by atoms with E-state index in [2.05, 4.69) is 0 Å². The Hall–Kier alpha value is -0.0151. The molecule has 0 heterocycles. The summed E-state index contributed by atoms with van der Waals surface area (Å²) in [5.41, 5.74) is 4.85. The second-order valence-corrected chi connectivity index (χ2v) is 4.31. The zero-order chi connectivity index (χ0) is 8.54. The lowest BCUT2D eigenvalue weighted by molar-refractivity contribution is -0.0289. The van der Waals surface area contributed by atoms with Gasteiger partial charge in [0, 0.05) is 5.44 Å². The van der Waals surface area contributed by atoms with Crippen LogP contribution in [0.25, 0.3) is 0 Å². The topological polar surface area (TPSA) is 46.2 Å². The molecule has 11 heavy (non-hydrogen) atoms. The van der Waals surface area contributed by atoms with Crippen LogP contribution in [0.4, 0.5) is 0 Å². The van der Waals surface area contributed by atoms with Gasteiger partial charge in [-0.3, -0.25) is 0 Å². The molecule has 1 unspecified atom stereocenters. The monoisotopic (exact) mass is 155 g/mol. The minimum Gasteiger partial charge on any atom is -0.389 e. The van der Waals surface area contributed by atoms with Gasteiger partial charge in [0.25, 0.3) is 0 Å². The molecule has 1 atom stereocenters. The van der Waals surface area contributed by atoms with E-state index in [0.29, 0.717) is 0 Å². The van der Waals surface area contributed by atoms with Crippen molar-refractivity contribution in [2.24, 2.45) is 5.73 Å². The fraction of sp³-hybridized carbons (Fsp3) is 1.00. The highest BCUT2D eigenvalue weighted by Crippen LogP contribution is 2.33. The SMILES string of the molecule is BC(C)(N)C1(O)CCCCC1. The van der Waals surface area contributed by atoms with Crippen LogP contribution >= 0.6 is 0 Å². The van der Waals surface area contributed by atoms with E-state index >= 15 is 0 Å². The van der Waals surface area contributed by atoms with Gasteiger partial charge >= 0.3 is 0 Å². The van der Waals surface area contributed by atoms with Crippen molar-refractivity contribution in [3.05, 3.63) is 0 Å². The lowest BCUT2D eigenvalue weighted by Gasteiger charge is -2.43. The highest BCUT2D eigenvalue weighted by molar-refractivity contribution is 6.15. The van der Waals surface area contributed by atoms with Crippen LogP contribution in [-0.2, 0) is 0 Å². The lowest BCUT2D eigenvalue weighted by atomic mass is 9.62. The van der Waals surface area contributed by atoms with E-state index < -0.39 is 11.0 Å². The first-order valence-electron chi connectivity index (χ1n) is 4.47. The smallest absolute Gasteiger partial charge is 0.130 e. The molecule has 1 saturated carbocycles. The summed E-state index contributed by atoms with van der Waals surface area (Å²) in [5, 5.41) is 10.1. The van der Waals surface area contributed by atoms with E-state index in [-0.39, 0.29) is 0 Å². The Morgan fingerprint density at radius 1 is 1.36 bits per heavy atom. The summed E-state index contributed by atoms with van der Waals surface area (Å²) >= 11 is 0. The summed E-state index contributed by atoms with van der Waals surface area (Å²) in [4.78, 5) is 0. The maximum Gasteiger partial charge on any atom is 0.130 e. The summed E-state index contributed by atoms with van der Waals surface area (Å²) in [6.07, 6.45) is 5.24.